The summed E-state index contributed by atoms with van der Waals surface area (Å²) in [5.74, 6) is 1.09. The van der Waals surface area contributed by atoms with Gasteiger partial charge in [-0.25, -0.2) is 4.98 Å². The van der Waals surface area contributed by atoms with E-state index in [4.69, 9.17) is 16.6 Å². The number of halogens is 1. The molecule has 0 saturated heterocycles. The summed E-state index contributed by atoms with van der Waals surface area (Å²) >= 11 is 6.18. The van der Waals surface area contributed by atoms with Gasteiger partial charge in [-0.2, -0.15) is 0 Å². The van der Waals surface area contributed by atoms with E-state index >= 15 is 0 Å². The Morgan fingerprint density at radius 2 is 1.76 bits per heavy atom. The second kappa shape index (κ2) is 5.19. The van der Waals surface area contributed by atoms with Crippen molar-refractivity contribution >= 4 is 22.6 Å². The maximum Gasteiger partial charge on any atom is 0.115 e. The van der Waals surface area contributed by atoms with Gasteiger partial charge in [-0.05, 0) is 23.8 Å². The summed E-state index contributed by atoms with van der Waals surface area (Å²) < 4.78 is 2.27. The van der Waals surface area contributed by atoms with Gasteiger partial charge in [-0.3, -0.25) is 0 Å². The first-order valence-corrected chi connectivity index (χ1v) is 7.53. The predicted molar refractivity (Wildman–Crippen MR) is 89.0 cm³/mol. The molecular formula is C18H19ClN2. The Hall–Kier alpha value is -1.80. The summed E-state index contributed by atoms with van der Waals surface area (Å²) in [6, 6.07) is 16.4. The molecule has 108 valence electrons. The van der Waals surface area contributed by atoms with Crippen molar-refractivity contribution in [3.05, 3.63) is 64.9 Å². The number of hydrogen-bond acceptors (Lipinski definition) is 1. The minimum atomic E-state index is -0.0136. The molecule has 0 aliphatic heterocycles. The monoisotopic (exact) mass is 298 g/mol. The Morgan fingerprint density at radius 3 is 2.43 bits per heavy atom. The van der Waals surface area contributed by atoms with Crippen molar-refractivity contribution in [3.8, 4) is 0 Å². The van der Waals surface area contributed by atoms with Gasteiger partial charge in [-0.1, -0.05) is 62.7 Å². The summed E-state index contributed by atoms with van der Waals surface area (Å²) in [5, 5.41) is 0.747. The summed E-state index contributed by atoms with van der Waals surface area (Å²) in [7, 11) is 0. The van der Waals surface area contributed by atoms with Crippen molar-refractivity contribution < 1.29 is 0 Å². The third kappa shape index (κ3) is 2.81. The van der Waals surface area contributed by atoms with Gasteiger partial charge in [0.2, 0.25) is 0 Å². The van der Waals surface area contributed by atoms with Crippen LogP contribution in [0.1, 0.15) is 32.2 Å². The van der Waals surface area contributed by atoms with Gasteiger partial charge >= 0.3 is 0 Å². The maximum absolute atomic E-state index is 6.18. The van der Waals surface area contributed by atoms with Crippen molar-refractivity contribution in [2.24, 2.45) is 0 Å². The Labute approximate surface area is 130 Å². The highest BCUT2D eigenvalue weighted by atomic mass is 35.5. The largest absolute Gasteiger partial charge is 0.323 e. The number of hydrogen-bond donors (Lipinski definition) is 0. The first-order chi connectivity index (χ1) is 9.95. The number of benzene rings is 2. The highest BCUT2D eigenvalue weighted by molar-refractivity contribution is 6.31. The molecule has 1 aromatic heterocycles. The zero-order valence-electron chi connectivity index (χ0n) is 12.6. The van der Waals surface area contributed by atoms with Gasteiger partial charge in [0.1, 0.15) is 5.82 Å². The molecule has 0 atom stereocenters. The van der Waals surface area contributed by atoms with Gasteiger partial charge in [0, 0.05) is 17.0 Å². The van der Waals surface area contributed by atoms with E-state index in [9.17, 15) is 0 Å². The molecule has 0 radical (unpaired) electrons. The van der Waals surface area contributed by atoms with E-state index in [1.54, 1.807) is 0 Å². The molecule has 0 bridgehead atoms. The van der Waals surface area contributed by atoms with Crippen molar-refractivity contribution in [3.63, 3.8) is 0 Å². The highest BCUT2D eigenvalue weighted by Crippen LogP contribution is 2.28. The number of aromatic nitrogens is 2. The molecule has 0 fully saturated rings. The molecule has 0 aliphatic carbocycles. The van der Waals surface area contributed by atoms with E-state index in [0.29, 0.717) is 0 Å². The molecule has 2 nitrogen and oxygen atoms in total. The van der Waals surface area contributed by atoms with E-state index in [1.165, 1.54) is 5.56 Å². The zero-order valence-corrected chi connectivity index (χ0v) is 13.4. The van der Waals surface area contributed by atoms with E-state index in [1.807, 2.05) is 24.3 Å². The van der Waals surface area contributed by atoms with Crippen LogP contribution in [0.5, 0.6) is 0 Å². The fraction of sp³-hybridized carbons (Fsp3) is 0.278. The highest BCUT2D eigenvalue weighted by Gasteiger charge is 2.23. The fourth-order valence-electron chi connectivity index (χ4n) is 2.59. The molecule has 3 rings (SSSR count). The van der Waals surface area contributed by atoms with Crippen molar-refractivity contribution in [2.45, 2.75) is 32.7 Å². The van der Waals surface area contributed by atoms with Crippen LogP contribution in [0.15, 0.2) is 48.5 Å². The average molecular weight is 299 g/mol. The van der Waals surface area contributed by atoms with Crippen LogP contribution in [-0.2, 0) is 12.0 Å². The minimum absolute atomic E-state index is 0.0136. The molecule has 0 saturated carbocycles. The molecule has 3 aromatic rings. The summed E-state index contributed by atoms with van der Waals surface area (Å²) in [6.45, 7) is 7.39. The van der Waals surface area contributed by atoms with Crippen molar-refractivity contribution in [2.75, 3.05) is 0 Å². The predicted octanol–water partition coefficient (Wildman–Crippen LogP) is 5.04. The smallest absolute Gasteiger partial charge is 0.115 e. The standard InChI is InChI=1S/C18H19ClN2/c1-18(2,3)17-20-15-10-9-14(19)11-16(15)21(17)12-13-7-5-4-6-8-13/h4-11H,12H2,1-3H3. The third-order valence-electron chi connectivity index (χ3n) is 3.56. The molecule has 0 amide bonds. The van der Waals surface area contributed by atoms with E-state index in [-0.39, 0.29) is 5.41 Å². The number of nitrogens with zero attached hydrogens (tertiary/aromatic N) is 2. The molecule has 21 heavy (non-hydrogen) atoms. The average Bonchev–Trinajstić information content (AvgIpc) is 2.78. The van der Waals surface area contributed by atoms with Gasteiger partial charge in [0.15, 0.2) is 0 Å². The van der Waals surface area contributed by atoms with Crippen LogP contribution >= 0.6 is 11.6 Å². The van der Waals surface area contributed by atoms with Gasteiger partial charge in [0.25, 0.3) is 0 Å². The first kappa shape index (κ1) is 14.2. The quantitative estimate of drug-likeness (QED) is 0.648. The zero-order chi connectivity index (χ0) is 15.0. The Bertz CT molecular complexity index is 767. The first-order valence-electron chi connectivity index (χ1n) is 7.15. The van der Waals surface area contributed by atoms with Crippen LogP contribution in [-0.4, -0.2) is 9.55 Å². The SMILES string of the molecule is CC(C)(C)c1nc2ccc(Cl)cc2n1Cc1ccccc1. The van der Waals surface area contributed by atoms with Crippen LogP contribution in [0.25, 0.3) is 11.0 Å². The second-order valence-electron chi connectivity index (χ2n) is 6.39. The molecule has 1 heterocycles. The molecular weight excluding hydrogens is 280 g/mol. The minimum Gasteiger partial charge on any atom is -0.323 e. The molecule has 0 N–H and O–H groups in total. The summed E-state index contributed by atoms with van der Waals surface area (Å²) in [6.07, 6.45) is 0. The van der Waals surface area contributed by atoms with Crippen LogP contribution in [0.4, 0.5) is 0 Å². The normalized spacial score (nSPS) is 12.0. The third-order valence-corrected chi connectivity index (χ3v) is 3.80. The van der Waals surface area contributed by atoms with E-state index in [0.717, 1.165) is 28.4 Å². The maximum atomic E-state index is 6.18. The summed E-state index contributed by atoms with van der Waals surface area (Å²) in [4.78, 5) is 4.83. The number of fused-ring (bicyclic) bond motifs is 1. The Morgan fingerprint density at radius 1 is 1.05 bits per heavy atom. The second-order valence-corrected chi connectivity index (χ2v) is 6.83. The van der Waals surface area contributed by atoms with Gasteiger partial charge in [-0.15, -0.1) is 0 Å². The van der Waals surface area contributed by atoms with Gasteiger partial charge < -0.3 is 4.57 Å². The number of rotatable bonds is 2. The summed E-state index contributed by atoms with van der Waals surface area (Å²) in [5.41, 5.74) is 3.35. The lowest BCUT2D eigenvalue weighted by molar-refractivity contribution is 0.516. The molecule has 2 aromatic carbocycles. The molecule has 0 unspecified atom stereocenters. The van der Waals surface area contributed by atoms with Crippen LogP contribution in [0.3, 0.4) is 0 Å². The topological polar surface area (TPSA) is 17.8 Å². The van der Waals surface area contributed by atoms with Crippen molar-refractivity contribution in [1.29, 1.82) is 0 Å². The lowest BCUT2D eigenvalue weighted by atomic mass is 9.95. The van der Waals surface area contributed by atoms with Crippen molar-refractivity contribution in [1.82, 2.24) is 9.55 Å². The molecule has 3 heteroatoms. The van der Waals surface area contributed by atoms with Crippen LogP contribution in [0.2, 0.25) is 5.02 Å². The molecule has 0 spiro atoms. The van der Waals surface area contributed by atoms with Crippen LogP contribution < -0.4 is 0 Å². The van der Waals surface area contributed by atoms with E-state index < -0.39 is 0 Å². The lowest BCUT2D eigenvalue weighted by Gasteiger charge is -2.20. The molecule has 0 aliphatic rings. The Balaban J connectivity index is 2.20. The number of imidazole rings is 1. The van der Waals surface area contributed by atoms with Crippen LogP contribution in [0, 0.1) is 0 Å². The lowest BCUT2D eigenvalue weighted by Crippen LogP contribution is -2.19. The van der Waals surface area contributed by atoms with E-state index in [2.05, 4.69) is 49.6 Å². The Kier molecular flexibility index (Phi) is 3.50. The van der Waals surface area contributed by atoms with Gasteiger partial charge in [0.05, 0.1) is 11.0 Å². The fourth-order valence-corrected chi connectivity index (χ4v) is 2.76.